The second-order valence-electron chi connectivity index (χ2n) is 5.03. The van der Waals surface area contributed by atoms with Gasteiger partial charge in [0, 0.05) is 18.1 Å². The summed E-state index contributed by atoms with van der Waals surface area (Å²) in [4.78, 5) is 37.7. The standard InChI is InChI=1S/C14H15N5O2S/c15-12(20)9-7-18-10(8-17-9)14(21)19-5-2-1-3-11(19)13-16-4-6-22-13/h4,6-8,11H,1-3,5H2,(H2,15,20). The van der Waals surface area contributed by atoms with Crippen molar-refractivity contribution >= 4 is 23.2 Å². The average Bonchev–Trinajstić information content (AvgIpc) is 3.08. The van der Waals surface area contributed by atoms with Crippen molar-refractivity contribution in [2.45, 2.75) is 25.3 Å². The molecular weight excluding hydrogens is 302 g/mol. The summed E-state index contributed by atoms with van der Waals surface area (Å²) in [5, 5.41) is 2.85. The molecule has 1 aliphatic rings. The van der Waals surface area contributed by atoms with Crippen molar-refractivity contribution in [2.24, 2.45) is 5.73 Å². The largest absolute Gasteiger partial charge is 0.364 e. The van der Waals surface area contributed by atoms with Crippen molar-refractivity contribution in [3.8, 4) is 0 Å². The van der Waals surface area contributed by atoms with Gasteiger partial charge in [0.15, 0.2) is 0 Å². The summed E-state index contributed by atoms with van der Waals surface area (Å²) < 4.78 is 0. The number of thiazole rings is 1. The first-order valence-corrected chi connectivity index (χ1v) is 7.87. The van der Waals surface area contributed by atoms with Crippen LogP contribution in [0.25, 0.3) is 0 Å². The predicted octanol–water partition coefficient (Wildman–Crippen LogP) is 1.40. The smallest absolute Gasteiger partial charge is 0.274 e. The number of carbonyl (C=O) groups is 2. The lowest BCUT2D eigenvalue weighted by atomic mass is 10.0. The van der Waals surface area contributed by atoms with Crippen LogP contribution in [0.4, 0.5) is 0 Å². The van der Waals surface area contributed by atoms with Crippen LogP contribution in [-0.2, 0) is 0 Å². The summed E-state index contributed by atoms with van der Waals surface area (Å²) in [6.45, 7) is 0.669. The number of likely N-dealkylation sites (tertiary alicyclic amines) is 1. The molecule has 1 fully saturated rings. The van der Waals surface area contributed by atoms with Crippen LogP contribution in [0.3, 0.4) is 0 Å². The monoisotopic (exact) mass is 317 g/mol. The van der Waals surface area contributed by atoms with E-state index in [0.29, 0.717) is 6.54 Å². The van der Waals surface area contributed by atoms with Gasteiger partial charge in [0.2, 0.25) is 0 Å². The number of amides is 2. The molecule has 2 aromatic rings. The van der Waals surface area contributed by atoms with Gasteiger partial charge in [0.25, 0.3) is 11.8 Å². The Bertz CT molecular complexity index is 671. The van der Waals surface area contributed by atoms with Gasteiger partial charge in [-0.05, 0) is 19.3 Å². The van der Waals surface area contributed by atoms with Crippen LogP contribution in [0.1, 0.15) is 51.3 Å². The van der Waals surface area contributed by atoms with E-state index in [-0.39, 0.29) is 23.3 Å². The molecule has 1 unspecified atom stereocenters. The van der Waals surface area contributed by atoms with Gasteiger partial charge in [0.05, 0.1) is 18.4 Å². The Morgan fingerprint density at radius 1 is 1.18 bits per heavy atom. The minimum atomic E-state index is -0.662. The van der Waals surface area contributed by atoms with E-state index in [4.69, 9.17) is 5.73 Å². The lowest BCUT2D eigenvalue weighted by Crippen LogP contribution is -2.39. The molecule has 0 bridgehead atoms. The number of carbonyl (C=O) groups excluding carboxylic acids is 2. The molecule has 3 rings (SSSR count). The van der Waals surface area contributed by atoms with E-state index in [1.54, 1.807) is 22.4 Å². The summed E-state index contributed by atoms with van der Waals surface area (Å²) in [6.07, 6.45) is 7.21. The van der Waals surface area contributed by atoms with Crippen molar-refractivity contribution in [3.05, 3.63) is 40.4 Å². The molecule has 2 N–H and O–H groups in total. The number of piperidine rings is 1. The van der Waals surface area contributed by atoms with Gasteiger partial charge < -0.3 is 10.6 Å². The van der Waals surface area contributed by atoms with Crippen LogP contribution in [0.5, 0.6) is 0 Å². The van der Waals surface area contributed by atoms with E-state index in [9.17, 15) is 9.59 Å². The Labute approximate surface area is 131 Å². The quantitative estimate of drug-likeness (QED) is 0.922. The molecule has 7 nitrogen and oxygen atoms in total. The third-order valence-electron chi connectivity index (χ3n) is 3.62. The van der Waals surface area contributed by atoms with E-state index in [1.807, 2.05) is 5.38 Å². The topological polar surface area (TPSA) is 102 Å². The van der Waals surface area contributed by atoms with Crippen LogP contribution in [0.15, 0.2) is 24.0 Å². The number of nitrogens with two attached hydrogens (primary N) is 1. The van der Waals surface area contributed by atoms with Gasteiger partial charge in [-0.2, -0.15) is 0 Å². The lowest BCUT2D eigenvalue weighted by molar-refractivity contribution is 0.0604. The molecule has 0 radical (unpaired) electrons. The fourth-order valence-electron chi connectivity index (χ4n) is 2.54. The molecule has 2 amide bonds. The maximum Gasteiger partial charge on any atom is 0.274 e. The van der Waals surface area contributed by atoms with Crippen LogP contribution in [-0.4, -0.2) is 38.2 Å². The van der Waals surface area contributed by atoms with Crippen molar-refractivity contribution < 1.29 is 9.59 Å². The van der Waals surface area contributed by atoms with Crippen LogP contribution >= 0.6 is 11.3 Å². The third-order valence-corrected chi connectivity index (χ3v) is 4.50. The minimum Gasteiger partial charge on any atom is -0.364 e. The van der Waals surface area contributed by atoms with E-state index in [0.717, 1.165) is 24.3 Å². The van der Waals surface area contributed by atoms with Gasteiger partial charge >= 0.3 is 0 Å². The van der Waals surface area contributed by atoms with Gasteiger partial charge in [-0.3, -0.25) is 9.59 Å². The number of hydrogen-bond donors (Lipinski definition) is 1. The molecule has 22 heavy (non-hydrogen) atoms. The second kappa shape index (κ2) is 6.18. The molecule has 114 valence electrons. The van der Waals surface area contributed by atoms with Crippen LogP contribution in [0, 0.1) is 0 Å². The zero-order chi connectivity index (χ0) is 15.5. The maximum absolute atomic E-state index is 12.7. The molecule has 1 saturated heterocycles. The van der Waals surface area contributed by atoms with Crippen molar-refractivity contribution in [3.63, 3.8) is 0 Å². The van der Waals surface area contributed by atoms with Crippen molar-refractivity contribution in [2.75, 3.05) is 6.54 Å². The number of rotatable bonds is 3. The SMILES string of the molecule is NC(=O)c1cnc(C(=O)N2CCCCC2c2nccs2)cn1. The Kier molecular flexibility index (Phi) is 4.10. The average molecular weight is 317 g/mol. The van der Waals surface area contributed by atoms with Crippen LogP contribution < -0.4 is 5.73 Å². The van der Waals surface area contributed by atoms with Gasteiger partial charge in [-0.25, -0.2) is 15.0 Å². The van der Waals surface area contributed by atoms with Gasteiger partial charge in [-0.1, -0.05) is 0 Å². The van der Waals surface area contributed by atoms with E-state index < -0.39 is 5.91 Å². The van der Waals surface area contributed by atoms with Gasteiger partial charge in [-0.15, -0.1) is 11.3 Å². The Hall–Kier alpha value is -2.35. The molecule has 0 saturated carbocycles. The van der Waals surface area contributed by atoms with Crippen molar-refractivity contribution in [1.82, 2.24) is 19.9 Å². The molecular formula is C14H15N5O2S. The highest BCUT2D eigenvalue weighted by atomic mass is 32.1. The predicted molar refractivity (Wildman–Crippen MR) is 80.3 cm³/mol. The molecule has 3 heterocycles. The Morgan fingerprint density at radius 2 is 1.95 bits per heavy atom. The highest BCUT2D eigenvalue weighted by Crippen LogP contribution is 2.32. The molecule has 0 aliphatic carbocycles. The molecule has 0 aromatic carbocycles. The number of hydrogen-bond acceptors (Lipinski definition) is 6. The maximum atomic E-state index is 12.7. The summed E-state index contributed by atoms with van der Waals surface area (Å²) in [5.74, 6) is -0.853. The van der Waals surface area contributed by atoms with Crippen LogP contribution in [0.2, 0.25) is 0 Å². The second-order valence-corrected chi connectivity index (χ2v) is 5.96. The lowest BCUT2D eigenvalue weighted by Gasteiger charge is -2.34. The Balaban J connectivity index is 1.84. The molecule has 1 aliphatic heterocycles. The Morgan fingerprint density at radius 3 is 2.59 bits per heavy atom. The fraction of sp³-hybridized carbons (Fsp3) is 0.357. The fourth-order valence-corrected chi connectivity index (χ4v) is 3.33. The first-order chi connectivity index (χ1) is 10.7. The molecule has 2 aromatic heterocycles. The summed E-state index contributed by atoms with van der Waals surface area (Å²) >= 11 is 1.55. The summed E-state index contributed by atoms with van der Waals surface area (Å²) in [6, 6.07) is -0.0149. The first kappa shape index (κ1) is 14.6. The van der Waals surface area contributed by atoms with E-state index >= 15 is 0 Å². The first-order valence-electron chi connectivity index (χ1n) is 6.99. The zero-order valence-electron chi connectivity index (χ0n) is 11.8. The molecule has 0 spiro atoms. The summed E-state index contributed by atoms with van der Waals surface area (Å²) in [7, 11) is 0. The highest BCUT2D eigenvalue weighted by Gasteiger charge is 2.31. The van der Waals surface area contributed by atoms with Crippen molar-refractivity contribution in [1.29, 1.82) is 0 Å². The van der Waals surface area contributed by atoms with E-state index in [1.165, 1.54) is 12.4 Å². The third kappa shape index (κ3) is 2.82. The number of primary amides is 1. The molecule has 1 atom stereocenters. The number of aromatic nitrogens is 3. The summed E-state index contributed by atoms with van der Waals surface area (Å²) in [5.41, 5.74) is 5.39. The zero-order valence-corrected chi connectivity index (χ0v) is 12.6. The normalized spacial score (nSPS) is 18.2. The minimum absolute atomic E-state index is 0.0149. The molecule has 8 heteroatoms. The highest BCUT2D eigenvalue weighted by molar-refractivity contribution is 7.09. The van der Waals surface area contributed by atoms with Gasteiger partial charge in [0.1, 0.15) is 16.4 Å². The van der Waals surface area contributed by atoms with E-state index in [2.05, 4.69) is 15.0 Å². The number of nitrogens with zero attached hydrogens (tertiary/aromatic N) is 4.